The van der Waals surface area contributed by atoms with Gasteiger partial charge in [-0.3, -0.25) is 0 Å². The van der Waals surface area contributed by atoms with Crippen LogP contribution in [0.2, 0.25) is 0 Å². The van der Waals surface area contributed by atoms with Crippen LogP contribution in [0, 0.1) is 11.8 Å². The van der Waals surface area contributed by atoms with Gasteiger partial charge >= 0.3 is 0 Å². The van der Waals surface area contributed by atoms with Crippen LogP contribution in [0.1, 0.15) is 39.2 Å². The van der Waals surface area contributed by atoms with E-state index in [0.29, 0.717) is 11.8 Å². The number of benzene rings is 1. The van der Waals surface area contributed by atoms with Crippen LogP contribution < -0.4 is 0 Å². The molecule has 0 saturated carbocycles. The van der Waals surface area contributed by atoms with Gasteiger partial charge in [-0.2, -0.15) is 0 Å². The van der Waals surface area contributed by atoms with Gasteiger partial charge in [-0.15, -0.1) is 0 Å². The Kier molecular flexibility index (Phi) is 3.88. The van der Waals surface area contributed by atoms with Gasteiger partial charge in [0.1, 0.15) is 0 Å². The van der Waals surface area contributed by atoms with E-state index in [-0.39, 0.29) is 5.54 Å². The van der Waals surface area contributed by atoms with Crippen molar-refractivity contribution in [1.82, 2.24) is 4.90 Å². The van der Waals surface area contributed by atoms with E-state index in [1.165, 1.54) is 17.7 Å². The van der Waals surface area contributed by atoms with Gasteiger partial charge in [0, 0.05) is 28.7 Å². The lowest BCUT2D eigenvalue weighted by molar-refractivity contribution is 0.0528. The molecule has 112 valence electrons. The number of halogens is 1. The first-order valence-electron chi connectivity index (χ1n) is 7.86. The first kappa shape index (κ1) is 14.7. The van der Waals surface area contributed by atoms with Crippen molar-refractivity contribution < 1.29 is 0 Å². The van der Waals surface area contributed by atoms with Crippen molar-refractivity contribution >= 4 is 11.6 Å². The molecule has 2 atom stereocenters. The Morgan fingerprint density at radius 1 is 1.24 bits per heavy atom. The number of piperidine rings is 1. The third-order valence-electron chi connectivity index (χ3n) is 4.97. The van der Waals surface area contributed by atoms with Crippen LogP contribution in [0.25, 0.3) is 0 Å². The van der Waals surface area contributed by atoms with Gasteiger partial charge in [0.05, 0.1) is 0 Å². The zero-order valence-corrected chi connectivity index (χ0v) is 13.9. The minimum Gasteiger partial charge on any atom is -0.365 e. The number of hydrogen-bond acceptors (Lipinski definition) is 1. The number of hydrogen-bond donors (Lipinski definition) is 0. The van der Waals surface area contributed by atoms with Gasteiger partial charge in [-0.05, 0) is 44.2 Å². The van der Waals surface area contributed by atoms with Crippen molar-refractivity contribution in [2.75, 3.05) is 0 Å². The molecule has 1 aromatic carbocycles. The van der Waals surface area contributed by atoms with E-state index in [0.717, 1.165) is 18.0 Å². The number of nitrogens with zero attached hydrogens (tertiary/aromatic N) is 1. The summed E-state index contributed by atoms with van der Waals surface area (Å²) in [6.07, 6.45) is 6.67. The van der Waals surface area contributed by atoms with Crippen LogP contribution in [0.5, 0.6) is 0 Å². The average molecular weight is 302 g/mol. The normalized spacial score (nSPS) is 27.7. The zero-order chi connectivity index (χ0) is 15.0. The molecule has 1 aliphatic heterocycles. The molecule has 0 bridgehead atoms. The highest BCUT2D eigenvalue weighted by Gasteiger charge is 2.41. The summed E-state index contributed by atoms with van der Waals surface area (Å²) in [5.74, 6) is 1.32. The predicted molar refractivity (Wildman–Crippen MR) is 90.0 cm³/mol. The molecule has 0 amide bonds. The second-order valence-electron chi connectivity index (χ2n) is 7.07. The van der Waals surface area contributed by atoms with Gasteiger partial charge in [-0.25, -0.2) is 0 Å². The Morgan fingerprint density at radius 2 is 1.95 bits per heavy atom. The summed E-state index contributed by atoms with van der Waals surface area (Å²) >= 11 is 6.30. The highest BCUT2D eigenvalue weighted by Crippen LogP contribution is 2.46. The molecule has 21 heavy (non-hydrogen) atoms. The molecule has 1 heterocycles. The fraction of sp³-hybridized carbons (Fsp3) is 0.474. The van der Waals surface area contributed by atoms with E-state index < -0.39 is 0 Å². The molecule has 0 radical (unpaired) electrons. The standard InChI is InChI=1S/C19H24ClN/c1-14-12-19(2,3)21(13-15-7-5-4-6-8-15)18-11-16(20)9-10-17(14)18/h4-9,11,14,17H,10,12-13H2,1-3H3. The van der Waals surface area contributed by atoms with Crippen LogP contribution in [-0.4, -0.2) is 10.4 Å². The molecule has 0 N–H and O–H groups in total. The van der Waals surface area contributed by atoms with Crippen LogP contribution in [0.15, 0.2) is 53.2 Å². The second-order valence-corrected chi connectivity index (χ2v) is 7.50. The van der Waals surface area contributed by atoms with Gasteiger partial charge in [0.2, 0.25) is 0 Å². The Labute approximate surface area is 133 Å². The quantitative estimate of drug-likeness (QED) is 0.713. The highest BCUT2D eigenvalue weighted by atomic mass is 35.5. The number of likely N-dealkylation sites (tertiary alicyclic amines) is 1. The van der Waals surface area contributed by atoms with Crippen molar-refractivity contribution in [2.45, 2.75) is 45.7 Å². The second kappa shape index (κ2) is 5.53. The van der Waals surface area contributed by atoms with Crippen molar-refractivity contribution in [1.29, 1.82) is 0 Å². The Bertz CT molecular complexity index is 570. The molecule has 1 nitrogen and oxygen atoms in total. The molecule has 2 aliphatic rings. The van der Waals surface area contributed by atoms with Crippen LogP contribution in [0.4, 0.5) is 0 Å². The molecule has 0 aromatic heterocycles. The molecule has 2 heteroatoms. The Balaban J connectivity index is 1.96. The molecule has 0 spiro atoms. The van der Waals surface area contributed by atoms with Crippen LogP contribution in [0.3, 0.4) is 0 Å². The number of rotatable bonds is 2. The maximum atomic E-state index is 6.30. The topological polar surface area (TPSA) is 3.24 Å². The summed E-state index contributed by atoms with van der Waals surface area (Å²) < 4.78 is 0. The fourth-order valence-electron chi connectivity index (χ4n) is 3.93. The molecular formula is C19H24ClN. The zero-order valence-electron chi connectivity index (χ0n) is 13.1. The monoisotopic (exact) mass is 301 g/mol. The summed E-state index contributed by atoms with van der Waals surface area (Å²) in [6.45, 7) is 8.06. The van der Waals surface area contributed by atoms with Crippen molar-refractivity contribution in [3.05, 3.63) is 58.8 Å². The molecule has 1 fully saturated rings. The number of fused-ring (bicyclic) bond motifs is 1. The molecule has 1 aliphatic carbocycles. The molecule has 2 unspecified atom stereocenters. The van der Waals surface area contributed by atoms with E-state index in [2.05, 4.69) is 68.2 Å². The largest absolute Gasteiger partial charge is 0.365 e. The van der Waals surface area contributed by atoms with E-state index in [4.69, 9.17) is 11.6 Å². The van der Waals surface area contributed by atoms with E-state index >= 15 is 0 Å². The van der Waals surface area contributed by atoms with Gasteiger partial charge in [0.15, 0.2) is 0 Å². The Morgan fingerprint density at radius 3 is 2.67 bits per heavy atom. The Hall–Kier alpha value is -1.21. The summed E-state index contributed by atoms with van der Waals surface area (Å²) in [6, 6.07) is 10.7. The highest BCUT2D eigenvalue weighted by molar-refractivity contribution is 6.31. The maximum absolute atomic E-state index is 6.30. The predicted octanol–water partition coefficient (Wildman–Crippen LogP) is 5.33. The lowest BCUT2D eigenvalue weighted by Gasteiger charge is -2.52. The summed E-state index contributed by atoms with van der Waals surface area (Å²) in [5, 5.41) is 0.893. The molecule has 1 aromatic rings. The minimum atomic E-state index is 0.173. The third kappa shape index (κ3) is 2.89. The lowest BCUT2D eigenvalue weighted by atomic mass is 9.72. The van der Waals surface area contributed by atoms with Crippen molar-refractivity contribution in [3.8, 4) is 0 Å². The van der Waals surface area contributed by atoms with Gasteiger partial charge in [0.25, 0.3) is 0 Å². The fourth-order valence-corrected chi connectivity index (χ4v) is 4.13. The molecule has 3 rings (SSSR count). The van der Waals surface area contributed by atoms with E-state index in [1.54, 1.807) is 0 Å². The summed E-state index contributed by atoms with van der Waals surface area (Å²) in [5.41, 5.74) is 2.96. The van der Waals surface area contributed by atoms with E-state index in [9.17, 15) is 0 Å². The van der Waals surface area contributed by atoms with Gasteiger partial charge in [-0.1, -0.05) is 54.9 Å². The van der Waals surface area contributed by atoms with Crippen LogP contribution in [-0.2, 0) is 6.54 Å². The van der Waals surface area contributed by atoms with Gasteiger partial charge < -0.3 is 4.90 Å². The first-order valence-corrected chi connectivity index (χ1v) is 8.24. The minimum absolute atomic E-state index is 0.173. The smallest absolute Gasteiger partial charge is 0.0432 e. The first-order chi connectivity index (χ1) is 9.97. The molecule has 1 saturated heterocycles. The summed E-state index contributed by atoms with van der Waals surface area (Å²) in [7, 11) is 0. The van der Waals surface area contributed by atoms with Crippen molar-refractivity contribution in [3.63, 3.8) is 0 Å². The maximum Gasteiger partial charge on any atom is 0.0432 e. The lowest BCUT2D eigenvalue weighted by Crippen LogP contribution is -2.51. The van der Waals surface area contributed by atoms with Crippen LogP contribution >= 0.6 is 11.6 Å². The van der Waals surface area contributed by atoms with E-state index in [1.807, 2.05) is 0 Å². The number of allylic oxidation sites excluding steroid dienone is 4. The summed E-state index contributed by atoms with van der Waals surface area (Å²) in [4.78, 5) is 2.57. The SMILES string of the molecule is CC1CC(C)(C)N(Cc2ccccc2)C2=CC(Cl)=CCC21. The van der Waals surface area contributed by atoms with Crippen molar-refractivity contribution in [2.24, 2.45) is 11.8 Å². The molecular weight excluding hydrogens is 278 g/mol. The third-order valence-corrected chi connectivity index (χ3v) is 5.23. The average Bonchev–Trinajstić information content (AvgIpc) is 2.44.